The highest BCUT2D eigenvalue weighted by atomic mass is 79.9. The van der Waals surface area contributed by atoms with Gasteiger partial charge in [-0.3, -0.25) is 0 Å². The molecule has 0 nitrogen and oxygen atoms in total. The second kappa shape index (κ2) is 4.64. The van der Waals surface area contributed by atoms with Crippen molar-refractivity contribution in [1.29, 1.82) is 0 Å². The molecule has 0 spiro atoms. The van der Waals surface area contributed by atoms with Gasteiger partial charge < -0.3 is 0 Å². The number of halogens is 1. The Balaban J connectivity index is 2.20. The molecule has 0 aromatic heterocycles. The highest BCUT2D eigenvalue weighted by Crippen LogP contribution is 2.41. The number of fused-ring (bicyclic) bond motifs is 1. The monoisotopic (exact) mass is 312 g/mol. The summed E-state index contributed by atoms with van der Waals surface area (Å²) in [4.78, 5) is 0. The molecule has 96 valence electrons. The van der Waals surface area contributed by atoms with Crippen molar-refractivity contribution < 1.29 is 0 Å². The Bertz CT molecular complexity index is 680. The Morgan fingerprint density at radius 1 is 0.947 bits per heavy atom. The lowest BCUT2D eigenvalue weighted by molar-refractivity contribution is 1.00. The fraction of sp³-hybridized carbons (Fsp3) is 0.222. The first-order valence-electron chi connectivity index (χ1n) is 6.63. The number of hydrogen-bond acceptors (Lipinski definition) is 0. The lowest BCUT2D eigenvalue weighted by Gasteiger charge is -2.18. The van der Waals surface area contributed by atoms with Gasteiger partial charge in [-0.25, -0.2) is 0 Å². The summed E-state index contributed by atoms with van der Waals surface area (Å²) in [6.07, 6.45) is 4.58. The van der Waals surface area contributed by atoms with Gasteiger partial charge in [0.15, 0.2) is 0 Å². The van der Waals surface area contributed by atoms with Crippen LogP contribution < -0.4 is 0 Å². The normalized spacial score (nSPS) is 16.7. The van der Waals surface area contributed by atoms with Crippen LogP contribution in [0.2, 0.25) is 0 Å². The lowest BCUT2D eigenvalue weighted by Crippen LogP contribution is -2.02. The molecular weight excluding hydrogens is 296 g/mol. The van der Waals surface area contributed by atoms with Crippen LogP contribution in [0.15, 0.2) is 40.9 Å². The maximum atomic E-state index is 3.65. The average molecular weight is 313 g/mol. The average Bonchev–Trinajstić information content (AvgIpc) is 2.82. The summed E-state index contributed by atoms with van der Waals surface area (Å²) in [5.74, 6) is 0.396. The second-order valence-corrected chi connectivity index (χ2v) is 6.16. The fourth-order valence-electron chi connectivity index (χ4n) is 2.95. The molecule has 0 saturated heterocycles. The van der Waals surface area contributed by atoms with Gasteiger partial charge in [0, 0.05) is 10.4 Å². The standard InChI is InChI=1S/C18H17Br/c1-11-5-4-6-15(12(11)2)16-9-7-14-8-10-17(19)13(3)18(14)16/h4-10,16H,1-3H3. The van der Waals surface area contributed by atoms with E-state index in [2.05, 4.69) is 79.2 Å². The largest absolute Gasteiger partial charge is 0.0720 e. The van der Waals surface area contributed by atoms with Gasteiger partial charge in [-0.05, 0) is 60.2 Å². The highest BCUT2D eigenvalue weighted by Gasteiger charge is 2.23. The van der Waals surface area contributed by atoms with Crippen molar-refractivity contribution >= 4 is 22.0 Å². The van der Waals surface area contributed by atoms with E-state index < -0.39 is 0 Å². The third-order valence-electron chi connectivity index (χ3n) is 4.24. The van der Waals surface area contributed by atoms with Gasteiger partial charge in [0.1, 0.15) is 0 Å². The molecule has 0 radical (unpaired) electrons. The molecule has 1 unspecified atom stereocenters. The van der Waals surface area contributed by atoms with Crippen LogP contribution >= 0.6 is 15.9 Å². The maximum absolute atomic E-state index is 3.65. The van der Waals surface area contributed by atoms with Crippen molar-refractivity contribution in [2.45, 2.75) is 26.7 Å². The molecule has 2 aromatic rings. The summed E-state index contributed by atoms with van der Waals surface area (Å²) in [6, 6.07) is 11.0. The Hall–Kier alpha value is -1.34. The highest BCUT2D eigenvalue weighted by molar-refractivity contribution is 9.10. The van der Waals surface area contributed by atoms with Gasteiger partial charge in [-0.2, -0.15) is 0 Å². The van der Waals surface area contributed by atoms with Gasteiger partial charge in [0.05, 0.1) is 0 Å². The molecule has 0 aliphatic heterocycles. The van der Waals surface area contributed by atoms with Crippen molar-refractivity contribution in [2.75, 3.05) is 0 Å². The molecule has 1 aliphatic carbocycles. The van der Waals surface area contributed by atoms with Crippen molar-refractivity contribution in [2.24, 2.45) is 0 Å². The third-order valence-corrected chi connectivity index (χ3v) is 5.10. The summed E-state index contributed by atoms with van der Waals surface area (Å²) in [5.41, 5.74) is 8.36. The van der Waals surface area contributed by atoms with Crippen LogP contribution in [0, 0.1) is 20.8 Å². The van der Waals surface area contributed by atoms with Crippen LogP contribution in [0.25, 0.3) is 6.08 Å². The molecule has 0 bridgehead atoms. The molecule has 1 heteroatoms. The van der Waals surface area contributed by atoms with Crippen LogP contribution in [0.1, 0.15) is 39.3 Å². The van der Waals surface area contributed by atoms with E-state index in [9.17, 15) is 0 Å². The number of hydrogen-bond donors (Lipinski definition) is 0. The van der Waals surface area contributed by atoms with Crippen molar-refractivity contribution in [3.8, 4) is 0 Å². The van der Waals surface area contributed by atoms with Crippen molar-refractivity contribution in [3.63, 3.8) is 0 Å². The maximum Gasteiger partial charge on any atom is 0.0284 e. The first kappa shape index (κ1) is 12.7. The predicted octanol–water partition coefficient (Wildman–Crippen LogP) is 5.53. The van der Waals surface area contributed by atoms with Crippen LogP contribution in [-0.2, 0) is 0 Å². The van der Waals surface area contributed by atoms with Crippen LogP contribution in [0.5, 0.6) is 0 Å². The predicted molar refractivity (Wildman–Crippen MR) is 85.7 cm³/mol. The first-order valence-corrected chi connectivity index (χ1v) is 7.42. The lowest BCUT2D eigenvalue weighted by atomic mass is 9.86. The fourth-order valence-corrected chi connectivity index (χ4v) is 3.29. The zero-order valence-corrected chi connectivity index (χ0v) is 13.1. The summed E-state index contributed by atoms with van der Waals surface area (Å²) >= 11 is 3.65. The Labute approximate surface area is 123 Å². The summed E-state index contributed by atoms with van der Waals surface area (Å²) < 4.78 is 1.20. The molecule has 19 heavy (non-hydrogen) atoms. The number of allylic oxidation sites excluding steroid dienone is 1. The SMILES string of the molecule is Cc1cccc(C2C=Cc3ccc(Br)c(C)c32)c1C. The van der Waals surface area contributed by atoms with E-state index in [-0.39, 0.29) is 0 Å². The van der Waals surface area contributed by atoms with Crippen LogP contribution in [-0.4, -0.2) is 0 Å². The molecule has 0 N–H and O–H groups in total. The van der Waals surface area contributed by atoms with Gasteiger partial charge in [-0.15, -0.1) is 0 Å². The van der Waals surface area contributed by atoms with E-state index in [1.54, 1.807) is 0 Å². The molecular formula is C18H17Br. The van der Waals surface area contributed by atoms with E-state index in [0.717, 1.165) is 0 Å². The second-order valence-electron chi connectivity index (χ2n) is 5.30. The van der Waals surface area contributed by atoms with E-state index in [4.69, 9.17) is 0 Å². The molecule has 1 atom stereocenters. The van der Waals surface area contributed by atoms with Gasteiger partial charge >= 0.3 is 0 Å². The van der Waals surface area contributed by atoms with Gasteiger partial charge in [0.25, 0.3) is 0 Å². The summed E-state index contributed by atoms with van der Waals surface area (Å²) in [6.45, 7) is 6.62. The molecule has 1 aliphatic rings. The molecule has 0 fully saturated rings. The van der Waals surface area contributed by atoms with Crippen molar-refractivity contribution in [3.05, 3.63) is 74.3 Å². The zero-order valence-electron chi connectivity index (χ0n) is 11.5. The van der Waals surface area contributed by atoms with Gasteiger partial charge in [0.2, 0.25) is 0 Å². The minimum atomic E-state index is 0.396. The molecule has 0 amide bonds. The van der Waals surface area contributed by atoms with E-state index >= 15 is 0 Å². The first-order chi connectivity index (χ1) is 9.09. The Morgan fingerprint density at radius 2 is 1.74 bits per heavy atom. The molecule has 0 heterocycles. The quantitative estimate of drug-likeness (QED) is 0.649. The topological polar surface area (TPSA) is 0 Å². The zero-order chi connectivity index (χ0) is 13.6. The van der Waals surface area contributed by atoms with Crippen LogP contribution in [0.3, 0.4) is 0 Å². The molecule has 3 rings (SSSR count). The van der Waals surface area contributed by atoms with E-state index in [0.29, 0.717) is 5.92 Å². The Morgan fingerprint density at radius 3 is 2.53 bits per heavy atom. The number of aryl methyl sites for hydroxylation is 1. The molecule has 0 saturated carbocycles. The number of benzene rings is 2. The third kappa shape index (κ3) is 1.97. The van der Waals surface area contributed by atoms with Gasteiger partial charge in [-0.1, -0.05) is 52.3 Å². The Kier molecular flexibility index (Phi) is 3.10. The van der Waals surface area contributed by atoms with E-state index in [1.165, 1.54) is 37.9 Å². The summed E-state index contributed by atoms with van der Waals surface area (Å²) in [5, 5.41) is 0. The molecule has 2 aromatic carbocycles. The minimum absolute atomic E-state index is 0.396. The van der Waals surface area contributed by atoms with Crippen molar-refractivity contribution in [1.82, 2.24) is 0 Å². The number of rotatable bonds is 1. The minimum Gasteiger partial charge on any atom is -0.0720 e. The smallest absolute Gasteiger partial charge is 0.0284 e. The van der Waals surface area contributed by atoms with E-state index in [1.807, 2.05) is 0 Å². The summed E-state index contributed by atoms with van der Waals surface area (Å²) in [7, 11) is 0. The van der Waals surface area contributed by atoms with Crippen LogP contribution in [0.4, 0.5) is 0 Å².